The first-order valence-corrected chi connectivity index (χ1v) is 13.6. The number of carbonyl (C=O) groups is 1. The van der Waals surface area contributed by atoms with Gasteiger partial charge in [-0.2, -0.15) is 0 Å². The van der Waals surface area contributed by atoms with Crippen molar-refractivity contribution in [2.75, 3.05) is 4.90 Å². The summed E-state index contributed by atoms with van der Waals surface area (Å²) >= 11 is 6.34. The number of nitrogens with zero attached hydrogens (tertiary/aromatic N) is 5. The van der Waals surface area contributed by atoms with Crippen LogP contribution in [0.15, 0.2) is 54.9 Å². The van der Waals surface area contributed by atoms with Gasteiger partial charge in [0, 0.05) is 41.0 Å². The average Bonchev–Trinajstić information content (AvgIpc) is 3.64. The molecule has 1 aliphatic heterocycles. The van der Waals surface area contributed by atoms with Crippen LogP contribution in [0.2, 0.25) is 5.02 Å². The smallest absolute Gasteiger partial charge is 0.260 e. The van der Waals surface area contributed by atoms with Gasteiger partial charge in [0.05, 0.1) is 6.54 Å². The molecule has 4 aromatic rings. The molecule has 1 atom stereocenters. The minimum Gasteiger partial charge on any atom is -0.317 e. The zero-order valence-corrected chi connectivity index (χ0v) is 22.7. The fraction of sp³-hybridized carbons (Fsp3) is 0.333. The van der Waals surface area contributed by atoms with Gasteiger partial charge in [-0.1, -0.05) is 42.6 Å². The molecule has 3 heterocycles. The number of nitrogens with one attached hydrogen (secondary N) is 1. The van der Waals surface area contributed by atoms with Crippen LogP contribution in [0.4, 0.5) is 5.82 Å². The summed E-state index contributed by atoms with van der Waals surface area (Å²) in [5.41, 5.74) is 6.52. The highest BCUT2D eigenvalue weighted by atomic mass is 35.5. The van der Waals surface area contributed by atoms with Gasteiger partial charge in [0.2, 0.25) is 0 Å². The highest BCUT2D eigenvalue weighted by Crippen LogP contribution is 2.37. The van der Waals surface area contributed by atoms with Crippen LogP contribution >= 0.6 is 11.6 Å². The highest BCUT2D eigenvalue weighted by molar-refractivity contribution is 6.31. The van der Waals surface area contributed by atoms with Crippen LogP contribution in [-0.2, 0) is 13.6 Å². The quantitative estimate of drug-likeness (QED) is 0.321. The molecule has 7 nitrogen and oxygen atoms in total. The predicted molar refractivity (Wildman–Crippen MR) is 150 cm³/mol. The molecule has 0 radical (unpaired) electrons. The Hall–Kier alpha value is -3.55. The van der Waals surface area contributed by atoms with Crippen molar-refractivity contribution in [2.45, 2.75) is 58.2 Å². The minimum atomic E-state index is -0.0310. The molecule has 1 N–H and O–H groups in total. The molecule has 1 amide bonds. The van der Waals surface area contributed by atoms with E-state index in [0.717, 1.165) is 27.9 Å². The van der Waals surface area contributed by atoms with Crippen LogP contribution < -0.4 is 10.2 Å². The van der Waals surface area contributed by atoms with E-state index >= 15 is 0 Å². The van der Waals surface area contributed by atoms with Crippen molar-refractivity contribution in [1.82, 2.24) is 25.1 Å². The molecule has 1 unspecified atom stereocenters. The monoisotopic (exact) mass is 526 g/mol. The lowest BCUT2D eigenvalue weighted by atomic mass is 9.96. The van der Waals surface area contributed by atoms with Crippen LogP contribution in [0.3, 0.4) is 0 Å². The second-order valence-corrected chi connectivity index (χ2v) is 10.9. The zero-order valence-electron chi connectivity index (χ0n) is 21.9. The number of anilines is 1. The fourth-order valence-corrected chi connectivity index (χ4v) is 5.91. The lowest BCUT2D eigenvalue weighted by Gasteiger charge is -2.22. The van der Waals surface area contributed by atoms with Crippen molar-refractivity contribution < 1.29 is 4.79 Å². The van der Waals surface area contributed by atoms with Crippen molar-refractivity contribution in [3.63, 3.8) is 0 Å². The number of halogens is 1. The Morgan fingerprint density at radius 2 is 1.84 bits per heavy atom. The standard InChI is InChI=1S/C30H31ClN6O/c1-18-12-22(19(2)34-24-6-4-5-7-24)14-28(33-18)37-16-21-9-8-20(13-26(21)30(37)38)25-11-10-23(31)15-27(25)29-35-32-17-36(29)3/h8-15,17,19,24,34H,4-7,16H2,1-3H3. The van der Waals surface area contributed by atoms with Crippen molar-refractivity contribution in [3.8, 4) is 22.5 Å². The Morgan fingerprint density at radius 3 is 2.61 bits per heavy atom. The Labute approximate surface area is 227 Å². The lowest BCUT2D eigenvalue weighted by molar-refractivity contribution is 0.0996. The molecule has 1 saturated carbocycles. The molecule has 194 valence electrons. The molecule has 1 aliphatic carbocycles. The van der Waals surface area contributed by atoms with Gasteiger partial charge in [0.25, 0.3) is 5.91 Å². The third-order valence-electron chi connectivity index (χ3n) is 7.74. The number of pyridine rings is 1. The maximum Gasteiger partial charge on any atom is 0.260 e. The summed E-state index contributed by atoms with van der Waals surface area (Å²) in [7, 11) is 1.90. The molecule has 0 spiro atoms. The second kappa shape index (κ2) is 9.97. The molecule has 0 saturated heterocycles. The van der Waals surface area contributed by atoms with Crippen LogP contribution in [0.1, 0.15) is 65.8 Å². The van der Waals surface area contributed by atoms with Crippen LogP contribution in [0, 0.1) is 6.92 Å². The summed E-state index contributed by atoms with van der Waals surface area (Å²) in [5, 5.41) is 12.7. The molecule has 0 bridgehead atoms. The first-order chi connectivity index (χ1) is 18.4. The normalized spacial score (nSPS) is 16.3. The summed E-state index contributed by atoms with van der Waals surface area (Å²) in [6, 6.07) is 16.7. The molecule has 1 fully saturated rings. The van der Waals surface area contributed by atoms with Gasteiger partial charge in [-0.3, -0.25) is 9.69 Å². The van der Waals surface area contributed by atoms with Crippen LogP contribution in [0.5, 0.6) is 0 Å². The van der Waals surface area contributed by atoms with Gasteiger partial charge in [-0.25, -0.2) is 4.98 Å². The van der Waals surface area contributed by atoms with Gasteiger partial charge < -0.3 is 9.88 Å². The van der Waals surface area contributed by atoms with Crippen molar-refractivity contribution >= 4 is 23.3 Å². The molecule has 6 rings (SSSR count). The van der Waals surface area contributed by atoms with E-state index in [9.17, 15) is 4.79 Å². The van der Waals surface area contributed by atoms with E-state index in [1.165, 1.54) is 31.2 Å². The van der Waals surface area contributed by atoms with E-state index in [-0.39, 0.29) is 11.9 Å². The Balaban J connectivity index is 1.31. The number of benzene rings is 2. The Kier molecular flexibility index (Phi) is 6.50. The van der Waals surface area contributed by atoms with E-state index in [4.69, 9.17) is 16.6 Å². The SMILES string of the molecule is Cc1cc(C(C)NC2CCCC2)cc(N2Cc3ccc(-c4ccc(Cl)cc4-c4nncn4C)cc3C2=O)n1. The topological polar surface area (TPSA) is 75.9 Å². The first kappa shape index (κ1) is 24.8. The molecule has 2 aliphatic rings. The summed E-state index contributed by atoms with van der Waals surface area (Å²) in [6.07, 6.45) is 6.72. The number of hydrogen-bond donors (Lipinski definition) is 1. The van der Waals surface area contributed by atoms with Crippen molar-refractivity contribution in [1.29, 1.82) is 0 Å². The second-order valence-electron chi connectivity index (χ2n) is 10.5. The van der Waals surface area contributed by atoms with E-state index in [0.29, 0.717) is 34.8 Å². The van der Waals surface area contributed by atoms with Crippen LogP contribution in [0.25, 0.3) is 22.5 Å². The van der Waals surface area contributed by atoms with Crippen molar-refractivity contribution in [2.24, 2.45) is 7.05 Å². The highest BCUT2D eigenvalue weighted by Gasteiger charge is 2.31. The average molecular weight is 527 g/mol. The summed E-state index contributed by atoms with van der Waals surface area (Å²) < 4.78 is 1.86. The maximum absolute atomic E-state index is 13.7. The van der Waals surface area contributed by atoms with Gasteiger partial charge in [0.1, 0.15) is 12.1 Å². The van der Waals surface area contributed by atoms with E-state index in [2.05, 4.69) is 40.6 Å². The number of amides is 1. The molecule has 2 aromatic carbocycles. The number of aromatic nitrogens is 4. The van der Waals surface area contributed by atoms with Gasteiger partial charge in [-0.15, -0.1) is 10.2 Å². The Bertz CT molecular complexity index is 1520. The molecule has 2 aromatic heterocycles. The van der Waals surface area contributed by atoms with E-state index in [1.54, 1.807) is 11.2 Å². The summed E-state index contributed by atoms with van der Waals surface area (Å²) in [6.45, 7) is 4.70. The third-order valence-corrected chi connectivity index (χ3v) is 7.97. The van der Waals surface area contributed by atoms with Gasteiger partial charge in [0.15, 0.2) is 5.82 Å². The number of hydrogen-bond acceptors (Lipinski definition) is 5. The molecular weight excluding hydrogens is 496 g/mol. The van der Waals surface area contributed by atoms with Crippen molar-refractivity contribution in [3.05, 3.63) is 82.3 Å². The van der Waals surface area contributed by atoms with E-state index < -0.39 is 0 Å². The van der Waals surface area contributed by atoms with Gasteiger partial charge in [-0.05, 0) is 79.3 Å². The number of rotatable bonds is 6. The molecule has 38 heavy (non-hydrogen) atoms. The van der Waals surface area contributed by atoms with E-state index in [1.807, 2.05) is 48.9 Å². The largest absolute Gasteiger partial charge is 0.317 e. The van der Waals surface area contributed by atoms with Crippen LogP contribution in [-0.4, -0.2) is 31.7 Å². The molecule has 8 heteroatoms. The third kappa shape index (κ3) is 4.61. The first-order valence-electron chi connectivity index (χ1n) is 13.2. The zero-order chi connectivity index (χ0) is 26.4. The number of carbonyl (C=O) groups excluding carboxylic acids is 1. The maximum atomic E-state index is 13.7. The number of aryl methyl sites for hydroxylation is 2. The predicted octanol–water partition coefficient (Wildman–Crippen LogP) is 6.26. The summed E-state index contributed by atoms with van der Waals surface area (Å²) in [4.78, 5) is 20.2. The fourth-order valence-electron chi connectivity index (χ4n) is 5.74. The minimum absolute atomic E-state index is 0.0310. The lowest BCUT2D eigenvalue weighted by Crippen LogP contribution is -2.29. The Morgan fingerprint density at radius 1 is 1.03 bits per heavy atom. The van der Waals surface area contributed by atoms with Gasteiger partial charge >= 0.3 is 0 Å². The summed E-state index contributed by atoms with van der Waals surface area (Å²) in [5.74, 6) is 1.39. The molecular formula is C30H31ClN6O. The number of fused-ring (bicyclic) bond motifs is 1.